The van der Waals surface area contributed by atoms with Crippen LogP contribution in [0, 0.1) is 5.92 Å². The van der Waals surface area contributed by atoms with Gasteiger partial charge in [0.1, 0.15) is 0 Å². The molecule has 1 rings (SSSR count). The van der Waals surface area contributed by atoms with Gasteiger partial charge in [-0.1, -0.05) is 19.1 Å². The van der Waals surface area contributed by atoms with Gasteiger partial charge in [0.05, 0.1) is 6.20 Å². The summed E-state index contributed by atoms with van der Waals surface area (Å²) in [5, 5.41) is 19.3. The van der Waals surface area contributed by atoms with Gasteiger partial charge in [0.2, 0.25) is 0 Å². The molecule has 0 unspecified atom stereocenters. The van der Waals surface area contributed by atoms with Crippen LogP contribution >= 0.6 is 0 Å². The van der Waals surface area contributed by atoms with Crippen molar-refractivity contribution in [2.24, 2.45) is 5.92 Å². The molecule has 2 N–H and O–H groups in total. The summed E-state index contributed by atoms with van der Waals surface area (Å²) in [5.41, 5.74) is -0.348. The van der Waals surface area contributed by atoms with Crippen molar-refractivity contribution in [3.05, 3.63) is 11.9 Å². The zero-order chi connectivity index (χ0) is 16.0. The first-order valence-corrected chi connectivity index (χ1v) is 7.14. The second-order valence-corrected chi connectivity index (χ2v) is 6.28. The van der Waals surface area contributed by atoms with E-state index in [-0.39, 0.29) is 18.0 Å². The molecule has 0 aromatic carbocycles. The van der Waals surface area contributed by atoms with Crippen molar-refractivity contribution >= 4 is 11.9 Å². The van der Waals surface area contributed by atoms with Gasteiger partial charge in [-0.3, -0.25) is 14.3 Å². The van der Waals surface area contributed by atoms with Gasteiger partial charge in [-0.25, -0.2) is 0 Å². The van der Waals surface area contributed by atoms with E-state index in [0.29, 0.717) is 12.3 Å². The lowest BCUT2D eigenvalue weighted by Gasteiger charge is -2.24. The van der Waals surface area contributed by atoms with Gasteiger partial charge in [-0.2, -0.15) is 0 Å². The predicted molar refractivity (Wildman–Crippen MR) is 77.9 cm³/mol. The maximum atomic E-state index is 12.1. The minimum atomic E-state index is -0.878. The average Bonchev–Trinajstić information content (AvgIpc) is 2.82. The first-order chi connectivity index (χ1) is 9.69. The average molecular weight is 296 g/mol. The monoisotopic (exact) mass is 296 g/mol. The van der Waals surface area contributed by atoms with Crippen molar-refractivity contribution in [1.29, 1.82) is 0 Å². The molecular formula is C14H24N4O3. The maximum absolute atomic E-state index is 12.1. The highest BCUT2D eigenvalue weighted by molar-refractivity contribution is 5.92. The highest BCUT2D eigenvalue weighted by Gasteiger charge is 2.23. The quantitative estimate of drug-likeness (QED) is 0.761. The molecule has 0 atom stereocenters. The molecule has 1 aromatic heterocycles. The molecule has 0 aliphatic rings. The van der Waals surface area contributed by atoms with Crippen LogP contribution < -0.4 is 5.32 Å². The van der Waals surface area contributed by atoms with Crippen molar-refractivity contribution < 1.29 is 14.7 Å². The number of carboxylic acid groups (broad SMARTS) is 1. The molecule has 7 heteroatoms. The van der Waals surface area contributed by atoms with Gasteiger partial charge in [-0.05, 0) is 32.6 Å². The molecule has 1 heterocycles. The van der Waals surface area contributed by atoms with Crippen molar-refractivity contribution in [3.8, 4) is 0 Å². The SMILES string of the molecule is CC(C)CCn1cc(C(=O)NC(C)(C)CCC(=O)O)nn1. The third kappa shape index (κ3) is 6.37. The number of aliphatic carboxylic acids is 1. The molecular weight excluding hydrogens is 272 g/mol. The lowest BCUT2D eigenvalue weighted by molar-refractivity contribution is -0.137. The smallest absolute Gasteiger partial charge is 0.303 e. The van der Waals surface area contributed by atoms with Crippen molar-refractivity contribution in [2.75, 3.05) is 0 Å². The van der Waals surface area contributed by atoms with E-state index in [2.05, 4.69) is 29.5 Å². The van der Waals surface area contributed by atoms with Crippen molar-refractivity contribution in [1.82, 2.24) is 20.3 Å². The molecule has 21 heavy (non-hydrogen) atoms. The Labute approximate surface area is 124 Å². The Bertz CT molecular complexity index is 494. The minimum absolute atomic E-state index is 0.00829. The van der Waals surface area contributed by atoms with E-state index in [1.807, 2.05) is 0 Å². The highest BCUT2D eigenvalue weighted by Crippen LogP contribution is 2.12. The number of carbonyl (C=O) groups excluding carboxylic acids is 1. The number of carbonyl (C=O) groups is 2. The zero-order valence-electron chi connectivity index (χ0n) is 13.1. The minimum Gasteiger partial charge on any atom is -0.481 e. The highest BCUT2D eigenvalue weighted by atomic mass is 16.4. The van der Waals surface area contributed by atoms with Gasteiger partial charge < -0.3 is 10.4 Å². The number of aromatic nitrogens is 3. The summed E-state index contributed by atoms with van der Waals surface area (Å²) in [6, 6.07) is 0. The Hall–Kier alpha value is -1.92. The number of carboxylic acids is 1. The molecule has 0 bridgehead atoms. The Balaban J connectivity index is 2.57. The van der Waals surface area contributed by atoms with Crippen LogP contribution in [-0.4, -0.2) is 37.5 Å². The first kappa shape index (κ1) is 17.1. The van der Waals surface area contributed by atoms with Gasteiger partial charge in [0.25, 0.3) is 5.91 Å². The second-order valence-electron chi connectivity index (χ2n) is 6.28. The second kappa shape index (κ2) is 7.19. The van der Waals surface area contributed by atoms with Crippen molar-refractivity contribution in [2.45, 2.75) is 59.0 Å². The summed E-state index contributed by atoms with van der Waals surface area (Å²) in [6.45, 7) is 8.54. The van der Waals surface area contributed by atoms with Crippen LogP contribution in [0.15, 0.2) is 6.20 Å². The Morgan fingerprint density at radius 1 is 1.43 bits per heavy atom. The molecule has 0 fully saturated rings. The molecule has 118 valence electrons. The van der Waals surface area contributed by atoms with Crippen LogP contribution in [0.3, 0.4) is 0 Å². The van der Waals surface area contributed by atoms with E-state index in [9.17, 15) is 9.59 Å². The summed E-state index contributed by atoms with van der Waals surface area (Å²) < 4.78 is 1.65. The standard InChI is InChI=1S/C14H24N4O3/c1-10(2)6-8-18-9-11(16-17-18)13(21)15-14(3,4)7-5-12(19)20/h9-10H,5-8H2,1-4H3,(H,15,21)(H,19,20). The summed E-state index contributed by atoms with van der Waals surface area (Å²) in [4.78, 5) is 22.7. The summed E-state index contributed by atoms with van der Waals surface area (Å²) in [5.74, 6) is -0.653. The Morgan fingerprint density at radius 3 is 2.67 bits per heavy atom. The third-order valence-corrected chi connectivity index (χ3v) is 3.12. The van der Waals surface area contributed by atoms with Gasteiger partial charge in [-0.15, -0.1) is 5.10 Å². The lowest BCUT2D eigenvalue weighted by atomic mass is 9.98. The van der Waals surface area contributed by atoms with Crippen LogP contribution in [0.2, 0.25) is 0 Å². The maximum Gasteiger partial charge on any atom is 0.303 e. The van der Waals surface area contributed by atoms with Gasteiger partial charge >= 0.3 is 5.97 Å². The molecule has 0 spiro atoms. The van der Waals surface area contributed by atoms with E-state index in [0.717, 1.165) is 13.0 Å². The zero-order valence-corrected chi connectivity index (χ0v) is 13.1. The molecule has 1 amide bonds. The van der Waals surface area contributed by atoms with Gasteiger partial charge in [0.15, 0.2) is 5.69 Å². The lowest BCUT2D eigenvalue weighted by Crippen LogP contribution is -2.43. The van der Waals surface area contributed by atoms with E-state index in [4.69, 9.17) is 5.11 Å². The normalized spacial score (nSPS) is 11.7. The van der Waals surface area contributed by atoms with Crippen LogP contribution in [0.25, 0.3) is 0 Å². The number of nitrogens with one attached hydrogen (secondary N) is 1. The number of amides is 1. The topological polar surface area (TPSA) is 97.1 Å². The fraction of sp³-hybridized carbons (Fsp3) is 0.714. The van der Waals surface area contributed by atoms with E-state index < -0.39 is 11.5 Å². The molecule has 0 radical (unpaired) electrons. The van der Waals surface area contributed by atoms with E-state index in [1.54, 1.807) is 24.7 Å². The number of aryl methyl sites for hydroxylation is 1. The number of rotatable bonds is 8. The fourth-order valence-electron chi connectivity index (χ4n) is 1.76. The van der Waals surface area contributed by atoms with Crippen molar-refractivity contribution in [3.63, 3.8) is 0 Å². The van der Waals surface area contributed by atoms with Crippen LogP contribution in [0.1, 0.15) is 57.4 Å². The van der Waals surface area contributed by atoms with E-state index >= 15 is 0 Å². The largest absolute Gasteiger partial charge is 0.481 e. The fourth-order valence-corrected chi connectivity index (χ4v) is 1.76. The first-order valence-electron chi connectivity index (χ1n) is 7.14. The summed E-state index contributed by atoms with van der Waals surface area (Å²) >= 11 is 0. The van der Waals surface area contributed by atoms with Crippen LogP contribution in [0.4, 0.5) is 0 Å². The third-order valence-electron chi connectivity index (χ3n) is 3.12. The number of nitrogens with zero attached hydrogens (tertiary/aromatic N) is 3. The summed E-state index contributed by atoms with van der Waals surface area (Å²) in [6.07, 6.45) is 2.95. The Morgan fingerprint density at radius 2 is 2.10 bits per heavy atom. The molecule has 1 aromatic rings. The Kier molecular flexibility index (Phi) is 5.87. The van der Waals surface area contributed by atoms with Crippen LogP contribution in [-0.2, 0) is 11.3 Å². The number of hydrogen-bond acceptors (Lipinski definition) is 4. The predicted octanol–water partition coefficient (Wildman–Crippen LogP) is 1.70. The molecule has 0 aliphatic heterocycles. The molecule has 0 saturated heterocycles. The van der Waals surface area contributed by atoms with E-state index in [1.165, 1.54) is 0 Å². The number of hydrogen-bond donors (Lipinski definition) is 2. The molecule has 0 aliphatic carbocycles. The van der Waals surface area contributed by atoms with Gasteiger partial charge in [0, 0.05) is 18.5 Å². The van der Waals surface area contributed by atoms with Crippen LogP contribution in [0.5, 0.6) is 0 Å². The summed E-state index contributed by atoms with van der Waals surface area (Å²) in [7, 11) is 0. The molecule has 7 nitrogen and oxygen atoms in total. The molecule has 0 saturated carbocycles.